The Morgan fingerprint density at radius 3 is 2.50 bits per heavy atom. The van der Waals surface area contributed by atoms with Crippen LogP contribution in [0.5, 0.6) is 0 Å². The molecular weight excluding hydrogens is 254 g/mol. The number of benzene rings is 2. The summed E-state index contributed by atoms with van der Waals surface area (Å²) in [7, 11) is 0. The van der Waals surface area contributed by atoms with Crippen LogP contribution in [-0.2, 0) is 12.8 Å². The Morgan fingerprint density at radius 1 is 1.05 bits per heavy atom. The van der Waals surface area contributed by atoms with Crippen molar-refractivity contribution in [3.8, 4) is 11.1 Å². The molecule has 2 aromatic rings. The molecule has 0 heterocycles. The van der Waals surface area contributed by atoms with Gasteiger partial charge < -0.3 is 0 Å². The maximum absolute atomic E-state index is 14.7. The second-order valence-electron chi connectivity index (χ2n) is 5.59. The van der Waals surface area contributed by atoms with Gasteiger partial charge in [-0.25, -0.2) is 8.78 Å². The Labute approximate surface area is 118 Å². The summed E-state index contributed by atoms with van der Waals surface area (Å²) in [6, 6.07) is 9.90. The van der Waals surface area contributed by atoms with Crippen molar-refractivity contribution in [1.82, 2.24) is 0 Å². The zero-order valence-corrected chi connectivity index (χ0v) is 11.6. The molecule has 0 radical (unpaired) electrons. The topological polar surface area (TPSA) is 0 Å². The van der Waals surface area contributed by atoms with E-state index < -0.39 is 0 Å². The van der Waals surface area contributed by atoms with E-state index in [0.29, 0.717) is 11.5 Å². The monoisotopic (exact) mass is 272 g/mol. The average molecular weight is 272 g/mol. The summed E-state index contributed by atoms with van der Waals surface area (Å²) in [5.41, 5.74) is 3.33. The van der Waals surface area contributed by atoms with Gasteiger partial charge >= 0.3 is 0 Å². The van der Waals surface area contributed by atoms with Gasteiger partial charge in [-0.05, 0) is 54.0 Å². The maximum atomic E-state index is 14.7. The first kappa shape index (κ1) is 13.3. The van der Waals surface area contributed by atoms with Crippen LogP contribution in [-0.4, -0.2) is 0 Å². The third-order valence-electron chi connectivity index (χ3n) is 4.38. The Bertz CT molecular complexity index is 614. The fourth-order valence-corrected chi connectivity index (χ4v) is 3.09. The minimum Gasteiger partial charge on any atom is -0.207 e. The molecule has 0 amide bonds. The highest BCUT2D eigenvalue weighted by atomic mass is 19.1. The molecule has 0 aromatic heterocycles. The highest BCUT2D eigenvalue weighted by Crippen LogP contribution is 2.34. The van der Waals surface area contributed by atoms with Crippen LogP contribution >= 0.6 is 0 Å². The summed E-state index contributed by atoms with van der Waals surface area (Å²) in [5, 5.41) is 0. The second kappa shape index (κ2) is 5.35. The fourth-order valence-electron chi connectivity index (χ4n) is 3.09. The Morgan fingerprint density at radius 2 is 1.80 bits per heavy atom. The first-order chi connectivity index (χ1) is 9.69. The lowest BCUT2D eigenvalue weighted by molar-refractivity contribution is 0.435. The van der Waals surface area contributed by atoms with E-state index in [2.05, 4.69) is 6.92 Å². The Hall–Kier alpha value is -1.70. The van der Waals surface area contributed by atoms with Gasteiger partial charge in [0.1, 0.15) is 11.6 Å². The molecule has 0 saturated carbocycles. The largest absolute Gasteiger partial charge is 0.207 e. The van der Waals surface area contributed by atoms with E-state index in [1.54, 1.807) is 12.1 Å². The quantitative estimate of drug-likeness (QED) is 0.709. The molecule has 1 unspecified atom stereocenters. The SMILES string of the molecule is CCC1CCc2c(ccc(-c3ccc(F)cc3)c2F)C1. The highest BCUT2D eigenvalue weighted by molar-refractivity contribution is 5.66. The molecule has 1 aliphatic rings. The second-order valence-corrected chi connectivity index (χ2v) is 5.59. The summed E-state index contributed by atoms with van der Waals surface area (Å²) in [6.45, 7) is 2.19. The van der Waals surface area contributed by atoms with Crippen LogP contribution in [0, 0.1) is 17.6 Å². The molecule has 0 bridgehead atoms. The standard InChI is InChI=1S/C18H18F2/c1-2-12-3-9-17-14(11-12)6-10-16(18(17)20)13-4-7-15(19)8-5-13/h4-8,10,12H,2-3,9,11H2,1H3. The van der Waals surface area contributed by atoms with Crippen molar-refractivity contribution in [3.05, 3.63) is 59.2 Å². The molecule has 3 rings (SSSR count). The molecule has 0 N–H and O–H groups in total. The molecule has 0 aliphatic heterocycles. The van der Waals surface area contributed by atoms with E-state index in [1.165, 1.54) is 12.1 Å². The van der Waals surface area contributed by atoms with Gasteiger partial charge in [0.2, 0.25) is 0 Å². The predicted molar refractivity (Wildman–Crippen MR) is 77.6 cm³/mol. The molecule has 0 nitrogen and oxygen atoms in total. The predicted octanol–water partition coefficient (Wildman–Crippen LogP) is 5.15. The molecule has 2 heteroatoms. The zero-order valence-electron chi connectivity index (χ0n) is 11.6. The van der Waals surface area contributed by atoms with Gasteiger partial charge in [0, 0.05) is 5.56 Å². The van der Waals surface area contributed by atoms with Crippen molar-refractivity contribution in [2.75, 3.05) is 0 Å². The van der Waals surface area contributed by atoms with Crippen molar-refractivity contribution in [2.45, 2.75) is 32.6 Å². The van der Waals surface area contributed by atoms with Gasteiger partial charge in [-0.3, -0.25) is 0 Å². The Kier molecular flexibility index (Phi) is 3.56. The molecular formula is C18H18F2. The summed E-state index contributed by atoms with van der Waals surface area (Å²) < 4.78 is 27.6. The van der Waals surface area contributed by atoms with Gasteiger partial charge in [0.15, 0.2) is 0 Å². The van der Waals surface area contributed by atoms with Crippen molar-refractivity contribution in [1.29, 1.82) is 0 Å². The molecule has 0 fully saturated rings. The van der Waals surface area contributed by atoms with Crippen LogP contribution in [0.4, 0.5) is 8.78 Å². The van der Waals surface area contributed by atoms with E-state index in [9.17, 15) is 8.78 Å². The van der Waals surface area contributed by atoms with E-state index in [-0.39, 0.29) is 11.6 Å². The minimum atomic E-state index is -0.294. The molecule has 1 atom stereocenters. The van der Waals surface area contributed by atoms with Crippen LogP contribution in [0.25, 0.3) is 11.1 Å². The van der Waals surface area contributed by atoms with Crippen molar-refractivity contribution in [3.63, 3.8) is 0 Å². The molecule has 20 heavy (non-hydrogen) atoms. The summed E-state index contributed by atoms with van der Waals surface area (Å²) in [4.78, 5) is 0. The van der Waals surface area contributed by atoms with E-state index in [4.69, 9.17) is 0 Å². The first-order valence-corrected chi connectivity index (χ1v) is 7.25. The maximum Gasteiger partial charge on any atom is 0.134 e. The van der Waals surface area contributed by atoms with Crippen LogP contribution in [0.1, 0.15) is 30.9 Å². The smallest absolute Gasteiger partial charge is 0.134 e. The lowest BCUT2D eigenvalue weighted by atomic mass is 9.81. The molecule has 104 valence electrons. The highest BCUT2D eigenvalue weighted by Gasteiger charge is 2.22. The molecule has 0 saturated heterocycles. The molecule has 0 spiro atoms. The van der Waals surface area contributed by atoms with Gasteiger partial charge in [-0.15, -0.1) is 0 Å². The molecule has 1 aliphatic carbocycles. The Balaban J connectivity index is 2.01. The van der Waals surface area contributed by atoms with Gasteiger partial charge in [-0.2, -0.15) is 0 Å². The lowest BCUT2D eigenvalue weighted by Gasteiger charge is -2.24. The van der Waals surface area contributed by atoms with Crippen LogP contribution in [0.2, 0.25) is 0 Å². The normalized spacial score (nSPS) is 17.9. The summed E-state index contributed by atoms with van der Waals surface area (Å²) in [6.07, 6.45) is 4.01. The van der Waals surface area contributed by atoms with Gasteiger partial charge in [0.25, 0.3) is 0 Å². The summed E-state index contributed by atoms with van der Waals surface area (Å²) >= 11 is 0. The van der Waals surface area contributed by atoms with Crippen LogP contribution < -0.4 is 0 Å². The van der Waals surface area contributed by atoms with Crippen molar-refractivity contribution >= 4 is 0 Å². The first-order valence-electron chi connectivity index (χ1n) is 7.25. The van der Waals surface area contributed by atoms with E-state index in [1.807, 2.05) is 12.1 Å². The van der Waals surface area contributed by atoms with Gasteiger partial charge in [0.05, 0.1) is 0 Å². The third kappa shape index (κ3) is 2.35. The number of halogens is 2. The van der Waals surface area contributed by atoms with Gasteiger partial charge in [-0.1, -0.05) is 37.6 Å². The number of hydrogen-bond donors (Lipinski definition) is 0. The lowest BCUT2D eigenvalue weighted by Crippen LogP contribution is -2.15. The van der Waals surface area contributed by atoms with E-state index >= 15 is 0 Å². The number of rotatable bonds is 2. The van der Waals surface area contributed by atoms with E-state index in [0.717, 1.165) is 42.4 Å². The van der Waals surface area contributed by atoms with Crippen LogP contribution in [0.15, 0.2) is 36.4 Å². The van der Waals surface area contributed by atoms with Crippen molar-refractivity contribution in [2.24, 2.45) is 5.92 Å². The van der Waals surface area contributed by atoms with Crippen molar-refractivity contribution < 1.29 is 8.78 Å². The van der Waals surface area contributed by atoms with Crippen LogP contribution in [0.3, 0.4) is 0 Å². The number of fused-ring (bicyclic) bond motifs is 1. The average Bonchev–Trinajstić information content (AvgIpc) is 2.48. The molecule has 2 aromatic carbocycles. The minimum absolute atomic E-state index is 0.122. The number of hydrogen-bond acceptors (Lipinski definition) is 0. The summed E-state index contributed by atoms with van der Waals surface area (Å²) in [5.74, 6) is 0.264. The third-order valence-corrected chi connectivity index (χ3v) is 4.38. The fraction of sp³-hybridized carbons (Fsp3) is 0.333. The zero-order chi connectivity index (χ0) is 14.1.